The van der Waals surface area contributed by atoms with Gasteiger partial charge in [0.05, 0.1) is 12.7 Å². The molecule has 0 amide bonds. The maximum Gasteiger partial charge on any atom is 0.252 e. The van der Waals surface area contributed by atoms with Crippen LogP contribution in [-0.4, -0.2) is 49.4 Å². The van der Waals surface area contributed by atoms with Gasteiger partial charge in [-0.25, -0.2) is 0 Å². The molecule has 1 saturated heterocycles. The monoisotopic (exact) mass is 316 g/mol. The van der Waals surface area contributed by atoms with Crippen LogP contribution in [0.1, 0.15) is 17.5 Å². The highest BCUT2D eigenvalue weighted by atomic mass is 16.5. The Labute approximate surface area is 136 Å². The standard InChI is InChI=1S/C18H24N2O3/c1-13-3-4-14-10-15(18(21)19-17(14)9-13)11-20-6-8-23-16(12-20)5-7-22-2/h3-4,9-10,16H,5-8,11-12H2,1-2H3,(H,19,21)/t16-/m0/s1. The summed E-state index contributed by atoms with van der Waals surface area (Å²) in [5.41, 5.74) is 2.87. The topological polar surface area (TPSA) is 54.6 Å². The summed E-state index contributed by atoms with van der Waals surface area (Å²) in [7, 11) is 1.71. The normalized spacial score (nSPS) is 19.3. The van der Waals surface area contributed by atoms with Gasteiger partial charge in [0.2, 0.25) is 0 Å². The van der Waals surface area contributed by atoms with Crippen molar-refractivity contribution in [2.24, 2.45) is 0 Å². The van der Waals surface area contributed by atoms with Gasteiger partial charge >= 0.3 is 0 Å². The average molecular weight is 316 g/mol. The second kappa shape index (κ2) is 7.25. The van der Waals surface area contributed by atoms with E-state index in [-0.39, 0.29) is 11.7 Å². The van der Waals surface area contributed by atoms with E-state index in [2.05, 4.69) is 22.0 Å². The van der Waals surface area contributed by atoms with Crippen LogP contribution in [0, 0.1) is 6.92 Å². The molecule has 1 aliphatic rings. The zero-order valence-electron chi connectivity index (χ0n) is 13.8. The summed E-state index contributed by atoms with van der Waals surface area (Å²) in [6.45, 7) is 5.79. The van der Waals surface area contributed by atoms with Crippen LogP contribution in [0.5, 0.6) is 0 Å². The molecule has 23 heavy (non-hydrogen) atoms. The molecule has 124 valence electrons. The van der Waals surface area contributed by atoms with Crippen molar-refractivity contribution in [1.29, 1.82) is 0 Å². The van der Waals surface area contributed by atoms with Crippen LogP contribution in [0.15, 0.2) is 29.1 Å². The van der Waals surface area contributed by atoms with E-state index in [1.165, 1.54) is 0 Å². The lowest BCUT2D eigenvalue weighted by molar-refractivity contribution is -0.0433. The first-order chi connectivity index (χ1) is 11.2. The van der Waals surface area contributed by atoms with Crippen molar-refractivity contribution in [2.45, 2.75) is 26.0 Å². The molecule has 3 rings (SSSR count). The number of aromatic amines is 1. The number of methoxy groups -OCH3 is 1. The number of aromatic nitrogens is 1. The molecule has 0 bridgehead atoms. The van der Waals surface area contributed by atoms with Crippen LogP contribution in [0.4, 0.5) is 0 Å². The molecule has 2 aromatic rings. The number of hydrogen-bond donors (Lipinski definition) is 1. The molecule has 1 aromatic carbocycles. The Morgan fingerprint density at radius 3 is 3.09 bits per heavy atom. The van der Waals surface area contributed by atoms with Crippen LogP contribution in [-0.2, 0) is 16.0 Å². The van der Waals surface area contributed by atoms with Crippen molar-refractivity contribution in [2.75, 3.05) is 33.4 Å². The largest absolute Gasteiger partial charge is 0.385 e. The number of ether oxygens (including phenoxy) is 2. The minimum atomic E-state index is 0.00281. The number of nitrogens with one attached hydrogen (secondary N) is 1. The summed E-state index contributed by atoms with van der Waals surface area (Å²) in [6, 6.07) is 8.15. The van der Waals surface area contributed by atoms with E-state index in [1.54, 1.807) is 7.11 Å². The SMILES string of the molecule is COCC[C@H]1CN(Cc2cc3ccc(C)cc3[nH]c2=O)CCO1. The summed E-state index contributed by atoms with van der Waals surface area (Å²) >= 11 is 0. The second-order valence-electron chi connectivity index (χ2n) is 6.22. The van der Waals surface area contributed by atoms with Gasteiger partial charge < -0.3 is 14.5 Å². The van der Waals surface area contributed by atoms with E-state index in [0.717, 1.165) is 41.5 Å². The number of benzene rings is 1. The maximum atomic E-state index is 12.3. The Bertz CT molecular complexity index is 726. The van der Waals surface area contributed by atoms with Crippen LogP contribution >= 0.6 is 0 Å². The quantitative estimate of drug-likeness (QED) is 0.917. The number of H-pyrrole nitrogens is 1. The number of hydrogen-bond acceptors (Lipinski definition) is 4. The van der Waals surface area contributed by atoms with Gasteiger partial charge in [-0.15, -0.1) is 0 Å². The Morgan fingerprint density at radius 2 is 2.26 bits per heavy atom. The molecule has 0 saturated carbocycles. The summed E-state index contributed by atoms with van der Waals surface area (Å²) in [6.07, 6.45) is 1.08. The molecule has 0 unspecified atom stereocenters. The fourth-order valence-electron chi connectivity index (χ4n) is 3.07. The molecule has 1 N–H and O–H groups in total. The van der Waals surface area contributed by atoms with E-state index in [0.29, 0.717) is 19.8 Å². The minimum absolute atomic E-state index is 0.00281. The average Bonchev–Trinajstić information content (AvgIpc) is 2.54. The summed E-state index contributed by atoms with van der Waals surface area (Å²) in [5.74, 6) is 0. The number of rotatable bonds is 5. The van der Waals surface area contributed by atoms with E-state index in [9.17, 15) is 4.79 Å². The van der Waals surface area contributed by atoms with Gasteiger partial charge in [-0.3, -0.25) is 9.69 Å². The lowest BCUT2D eigenvalue weighted by Gasteiger charge is -2.32. The molecule has 1 fully saturated rings. The van der Waals surface area contributed by atoms with Gasteiger partial charge in [0.1, 0.15) is 0 Å². The van der Waals surface area contributed by atoms with Crippen molar-refractivity contribution in [3.05, 3.63) is 45.7 Å². The summed E-state index contributed by atoms with van der Waals surface area (Å²) in [5, 5.41) is 1.08. The fourth-order valence-corrected chi connectivity index (χ4v) is 3.07. The molecule has 0 aliphatic carbocycles. The molecule has 1 atom stereocenters. The lowest BCUT2D eigenvalue weighted by atomic mass is 10.1. The van der Waals surface area contributed by atoms with E-state index in [4.69, 9.17) is 9.47 Å². The molecule has 0 radical (unpaired) electrons. The van der Waals surface area contributed by atoms with Crippen molar-refractivity contribution in [1.82, 2.24) is 9.88 Å². The molecule has 1 aliphatic heterocycles. The number of morpholine rings is 1. The van der Waals surface area contributed by atoms with Gasteiger partial charge in [-0.1, -0.05) is 12.1 Å². The maximum absolute atomic E-state index is 12.3. The minimum Gasteiger partial charge on any atom is -0.385 e. The molecule has 2 heterocycles. The number of nitrogens with zero attached hydrogens (tertiary/aromatic N) is 1. The fraction of sp³-hybridized carbons (Fsp3) is 0.500. The van der Waals surface area contributed by atoms with E-state index >= 15 is 0 Å². The van der Waals surface area contributed by atoms with E-state index in [1.807, 2.05) is 19.1 Å². The second-order valence-corrected chi connectivity index (χ2v) is 6.22. The molecule has 5 nitrogen and oxygen atoms in total. The number of fused-ring (bicyclic) bond motifs is 1. The highest BCUT2D eigenvalue weighted by Crippen LogP contribution is 2.15. The molecular formula is C18H24N2O3. The summed E-state index contributed by atoms with van der Waals surface area (Å²) < 4.78 is 10.9. The van der Waals surface area contributed by atoms with Gasteiger partial charge in [0, 0.05) is 44.4 Å². The highest BCUT2D eigenvalue weighted by Gasteiger charge is 2.21. The number of aryl methyl sites for hydroxylation is 1. The first kappa shape index (κ1) is 16.2. The zero-order valence-corrected chi connectivity index (χ0v) is 13.8. The predicted octanol–water partition coefficient (Wildman–Crippen LogP) is 2.07. The van der Waals surface area contributed by atoms with Crippen molar-refractivity contribution < 1.29 is 9.47 Å². The predicted molar refractivity (Wildman–Crippen MR) is 90.8 cm³/mol. The van der Waals surface area contributed by atoms with Crippen molar-refractivity contribution in [3.8, 4) is 0 Å². The molecule has 5 heteroatoms. The zero-order chi connectivity index (χ0) is 16.2. The first-order valence-corrected chi connectivity index (χ1v) is 8.11. The smallest absolute Gasteiger partial charge is 0.252 e. The Morgan fingerprint density at radius 1 is 1.39 bits per heavy atom. The molecular weight excluding hydrogens is 292 g/mol. The van der Waals surface area contributed by atoms with Crippen LogP contribution in [0.2, 0.25) is 0 Å². The Balaban J connectivity index is 1.74. The van der Waals surface area contributed by atoms with E-state index < -0.39 is 0 Å². The molecule has 0 spiro atoms. The molecule has 1 aromatic heterocycles. The number of pyridine rings is 1. The van der Waals surface area contributed by atoms with Crippen molar-refractivity contribution >= 4 is 10.9 Å². The third-order valence-corrected chi connectivity index (χ3v) is 4.34. The van der Waals surface area contributed by atoms with Gasteiger partial charge in [-0.05, 0) is 36.4 Å². The first-order valence-electron chi connectivity index (χ1n) is 8.11. The van der Waals surface area contributed by atoms with Crippen LogP contribution in [0.3, 0.4) is 0 Å². The van der Waals surface area contributed by atoms with Crippen LogP contribution < -0.4 is 5.56 Å². The Hall–Kier alpha value is -1.69. The highest BCUT2D eigenvalue weighted by molar-refractivity contribution is 5.79. The van der Waals surface area contributed by atoms with Crippen molar-refractivity contribution in [3.63, 3.8) is 0 Å². The van der Waals surface area contributed by atoms with Gasteiger partial charge in [0.25, 0.3) is 5.56 Å². The van der Waals surface area contributed by atoms with Crippen LogP contribution in [0.25, 0.3) is 10.9 Å². The van der Waals surface area contributed by atoms with Gasteiger partial charge in [0.15, 0.2) is 0 Å². The summed E-state index contributed by atoms with van der Waals surface area (Å²) in [4.78, 5) is 17.6. The third-order valence-electron chi connectivity index (χ3n) is 4.34. The lowest BCUT2D eigenvalue weighted by Crippen LogP contribution is -2.43. The third kappa shape index (κ3) is 3.99. The Kier molecular flexibility index (Phi) is 5.10. The van der Waals surface area contributed by atoms with Gasteiger partial charge in [-0.2, -0.15) is 0 Å².